The van der Waals surface area contributed by atoms with Gasteiger partial charge >= 0.3 is 6.09 Å². The third kappa shape index (κ3) is 2.59. The van der Waals surface area contributed by atoms with Crippen molar-refractivity contribution < 1.29 is 14.7 Å². The molecule has 1 aliphatic rings. The molecule has 5 heteroatoms. The smallest absolute Gasteiger partial charge is 0.405 e. The predicted octanol–water partition coefficient (Wildman–Crippen LogP) is 3.19. The largest absolute Gasteiger partial charge is 0.465 e. The molecule has 0 aliphatic heterocycles. The van der Waals surface area contributed by atoms with E-state index in [0.717, 1.165) is 6.42 Å². The van der Waals surface area contributed by atoms with E-state index in [1.165, 1.54) is 0 Å². The topological polar surface area (TPSA) is 66.4 Å². The number of carbonyl (C=O) groups excluding carboxylic acids is 1. The average molecular weight is 282 g/mol. The minimum atomic E-state index is -1.21. The summed E-state index contributed by atoms with van der Waals surface area (Å²) in [4.78, 5) is 23.5. The molecule has 0 radical (unpaired) electrons. The van der Waals surface area contributed by atoms with Gasteiger partial charge in [-0.2, -0.15) is 0 Å². The van der Waals surface area contributed by atoms with Gasteiger partial charge in [0.1, 0.15) is 5.54 Å². The predicted molar refractivity (Wildman–Crippen MR) is 72.3 cm³/mol. The lowest BCUT2D eigenvalue weighted by molar-refractivity contribution is -0.129. The summed E-state index contributed by atoms with van der Waals surface area (Å²) in [6.45, 7) is 2.00. The number of ketones is 1. The molecule has 4 nitrogen and oxygen atoms in total. The van der Waals surface area contributed by atoms with E-state index in [1.807, 2.05) is 6.92 Å². The second kappa shape index (κ2) is 5.21. The maximum atomic E-state index is 12.4. The van der Waals surface area contributed by atoms with Gasteiger partial charge in [-0.1, -0.05) is 36.7 Å². The maximum absolute atomic E-state index is 12.4. The first-order valence-electron chi connectivity index (χ1n) is 6.25. The van der Waals surface area contributed by atoms with Crippen LogP contribution in [-0.4, -0.2) is 17.0 Å². The summed E-state index contributed by atoms with van der Waals surface area (Å²) >= 11 is 6.15. The van der Waals surface area contributed by atoms with Crippen molar-refractivity contribution >= 4 is 23.5 Å². The molecule has 1 saturated carbocycles. The second-order valence-corrected chi connectivity index (χ2v) is 5.49. The number of benzene rings is 1. The molecule has 0 heterocycles. The van der Waals surface area contributed by atoms with Crippen molar-refractivity contribution in [1.29, 1.82) is 0 Å². The van der Waals surface area contributed by atoms with Crippen LogP contribution in [0.1, 0.15) is 31.7 Å². The van der Waals surface area contributed by atoms with Crippen LogP contribution >= 0.6 is 11.6 Å². The number of carbonyl (C=O) groups is 2. The van der Waals surface area contributed by atoms with Crippen molar-refractivity contribution in [3.05, 3.63) is 34.9 Å². The molecular weight excluding hydrogens is 266 g/mol. The third-order valence-corrected chi connectivity index (χ3v) is 4.01. The number of nitrogens with one attached hydrogen (secondary N) is 1. The van der Waals surface area contributed by atoms with Crippen molar-refractivity contribution in [2.45, 2.75) is 31.7 Å². The molecule has 0 aromatic heterocycles. The summed E-state index contributed by atoms with van der Waals surface area (Å²) in [5.41, 5.74) is -0.646. The Morgan fingerprint density at radius 1 is 1.47 bits per heavy atom. The zero-order valence-electron chi connectivity index (χ0n) is 10.6. The maximum Gasteiger partial charge on any atom is 0.405 e. The van der Waals surface area contributed by atoms with E-state index in [0.29, 0.717) is 23.4 Å². The highest BCUT2D eigenvalue weighted by Crippen LogP contribution is 2.39. The Bertz CT molecular complexity index is 517. The van der Waals surface area contributed by atoms with Gasteiger partial charge in [-0.3, -0.25) is 4.79 Å². The Hall–Kier alpha value is -1.55. The quantitative estimate of drug-likeness (QED) is 0.875. The molecule has 102 valence electrons. The van der Waals surface area contributed by atoms with Gasteiger partial charge in [0.15, 0.2) is 5.78 Å². The molecule has 1 aromatic rings. The fraction of sp³-hybridized carbons (Fsp3) is 0.429. The van der Waals surface area contributed by atoms with Crippen LogP contribution in [0.5, 0.6) is 0 Å². The third-order valence-electron chi connectivity index (χ3n) is 3.68. The second-order valence-electron chi connectivity index (χ2n) is 5.09. The molecule has 19 heavy (non-hydrogen) atoms. The number of hydrogen-bond acceptors (Lipinski definition) is 2. The molecule has 0 bridgehead atoms. The average Bonchev–Trinajstić information content (AvgIpc) is 2.33. The van der Waals surface area contributed by atoms with Crippen LogP contribution in [0.4, 0.5) is 4.79 Å². The molecule has 1 aliphatic carbocycles. The van der Waals surface area contributed by atoms with Crippen molar-refractivity contribution in [2.24, 2.45) is 5.92 Å². The lowest BCUT2D eigenvalue weighted by Crippen LogP contribution is -2.54. The fourth-order valence-corrected chi connectivity index (χ4v) is 2.97. The number of Topliss-reactive ketones (excluding diaryl/α,β-unsaturated/α-hetero) is 1. The number of amides is 1. The summed E-state index contributed by atoms with van der Waals surface area (Å²) in [5, 5.41) is 11.9. The summed E-state index contributed by atoms with van der Waals surface area (Å²) in [7, 11) is 0. The van der Waals surface area contributed by atoms with Gasteiger partial charge in [0, 0.05) is 17.0 Å². The molecule has 0 unspecified atom stereocenters. The molecular formula is C14H16ClNO3. The van der Waals surface area contributed by atoms with Crippen LogP contribution in [0.2, 0.25) is 5.02 Å². The van der Waals surface area contributed by atoms with Crippen LogP contribution < -0.4 is 5.32 Å². The Labute approximate surface area is 116 Å². The SMILES string of the molecule is C[C@@H]1CC[C@@](NC(=O)O)(c2ccccc2Cl)C(=O)C1. The fourth-order valence-electron chi connectivity index (χ4n) is 2.67. The number of rotatable bonds is 2. The zero-order valence-corrected chi connectivity index (χ0v) is 11.4. The summed E-state index contributed by atoms with van der Waals surface area (Å²) < 4.78 is 0. The van der Waals surface area contributed by atoms with E-state index in [9.17, 15) is 9.59 Å². The molecule has 2 rings (SSSR count). The standard InChI is InChI=1S/C14H16ClNO3/c1-9-6-7-14(12(17)8-9,16-13(18)19)10-4-2-3-5-11(10)15/h2-5,9,16H,6-8H2,1H3,(H,18,19)/t9-,14-/m1/s1. The first-order chi connectivity index (χ1) is 8.95. The van der Waals surface area contributed by atoms with Gasteiger partial charge in [-0.05, 0) is 24.8 Å². The monoisotopic (exact) mass is 281 g/mol. The highest BCUT2D eigenvalue weighted by molar-refractivity contribution is 6.31. The van der Waals surface area contributed by atoms with Gasteiger partial charge < -0.3 is 10.4 Å². The minimum absolute atomic E-state index is 0.109. The Balaban J connectivity index is 2.49. The number of hydrogen-bond donors (Lipinski definition) is 2. The van der Waals surface area contributed by atoms with Gasteiger partial charge in [-0.25, -0.2) is 4.79 Å². The molecule has 1 amide bonds. The summed E-state index contributed by atoms with van der Waals surface area (Å²) in [6.07, 6.45) is 0.397. The normalized spacial score (nSPS) is 27.1. The van der Waals surface area contributed by atoms with Crippen LogP contribution in [0.15, 0.2) is 24.3 Å². The lowest BCUT2D eigenvalue weighted by atomic mass is 9.72. The Kier molecular flexibility index (Phi) is 3.80. The summed E-state index contributed by atoms with van der Waals surface area (Å²) in [5.74, 6) is 0.167. The minimum Gasteiger partial charge on any atom is -0.465 e. The lowest BCUT2D eigenvalue weighted by Gasteiger charge is -2.38. The van der Waals surface area contributed by atoms with Crippen molar-refractivity contribution in [3.8, 4) is 0 Å². The first-order valence-corrected chi connectivity index (χ1v) is 6.63. The molecule has 2 N–H and O–H groups in total. The molecule has 2 atom stereocenters. The van der Waals surface area contributed by atoms with Gasteiger partial charge in [0.05, 0.1) is 0 Å². The van der Waals surface area contributed by atoms with Crippen molar-refractivity contribution in [3.63, 3.8) is 0 Å². The van der Waals surface area contributed by atoms with E-state index in [4.69, 9.17) is 16.7 Å². The molecule has 1 aromatic carbocycles. The van der Waals surface area contributed by atoms with Gasteiger partial charge in [0.25, 0.3) is 0 Å². The van der Waals surface area contributed by atoms with E-state index in [2.05, 4.69) is 5.32 Å². The number of carboxylic acid groups (broad SMARTS) is 1. The van der Waals surface area contributed by atoms with Crippen molar-refractivity contribution in [2.75, 3.05) is 0 Å². The van der Waals surface area contributed by atoms with Gasteiger partial charge in [0.2, 0.25) is 0 Å². The Morgan fingerprint density at radius 3 is 2.74 bits per heavy atom. The van der Waals surface area contributed by atoms with Crippen molar-refractivity contribution in [1.82, 2.24) is 5.32 Å². The Morgan fingerprint density at radius 2 is 2.16 bits per heavy atom. The van der Waals surface area contributed by atoms with E-state index in [-0.39, 0.29) is 11.7 Å². The molecule has 0 spiro atoms. The van der Waals surface area contributed by atoms with Crippen LogP contribution in [0.25, 0.3) is 0 Å². The van der Waals surface area contributed by atoms with E-state index in [1.54, 1.807) is 24.3 Å². The first kappa shape index (κ1) is 13.9. The molecule has 0 saturated heterocycles. The molecule has 1 fully saturated rings. The van der Waals surface area contributed by atoms with E-state index >= 15 is 0 Å². The summed E-state index contributed by atoms with van der Waals surface area (Å²) in [6, 6.07) is 6.91. The highest BCUT2D eigenvalue weighted by atomic mass is 35.5. The highest BCUT2D eigenvalue weighted by Gasteiger charge is 2.45. The number of halogens is 1. The van der Waals surface area contributed by atoms with Crippen LogP contribution in [-0.2, 0) is 10.3 Å². The van der Waals surface area contributed by atoms with Crippen LogP contribution in [0, 0.1) is 5.92 Å². The zero-order chi connectivity index (χ0) is 14.0. The van der Waals surface area contributed by atoms with E-state index < -0.39 is 11.6 Å². The van der Waals surface area contributed by atoms with Gasteiger partial charge in [-0.15, -0.1) is 0 Å². The van der Waals surface area contributed by atoms with Crippen LogP contribution in [0.3, 0.4) is 0 Å².